The summed E-state index contributed by atoms with van der Waals surface area (Å²) in [4.78, 5) is 27.7. The second kappa shape index (κ2) is 12.3. The first-order chi connectivity index (χ1) is 18.1. The van der Waals surface area contributed by atoms with Gasteiger partial charge in [0.2, 0.25) is 5.91 Å². The number of hydrogen-bond donors (Lipinski definition) is 3. The van der Waals surface area contributed by atoms with E-state index in [1.165, 1.54) is 35.1 Å². The molecule has 0 radical (unpaired) electrons. The van der Waals surface area contributed by atoms with E-state index in [-0.39, 0.29) is 17.1 Å². The summed E-state index contributed by atoms with van der Waals surface area (Å²) in [5.41, 5.74) is 3.48. The van der Waals surface area contributed by atoms with Gasteiger partial charge in [0.15, 0.2) is 5.11 Å². The van der Waals surface area contributed by atoms with Crippen LogP contribution in [0.3, 0.4) is 0 Å². The molecule has 1 amide bonds. The van der Waals surface area contributed by atoms with E-state index in [1.54, 1.807) is 0 Å². The highest BCUT2D eigenvalue weighted by Gasteiger charge is 2.34. The van der Waals surface area contributed by atoms with Crippen LogP contribution in [0.5, 0.6) is 0 Å². The Morgan fingerprint density at radius 2 is 1.76 bits per heavy atom. The first-order valence-corrected chi connectivity index (χ1v) is 14.7. The summed E-state index contributed by atoms with van der Waals surface area (Å²) >= 11 is 8.35. The predicted molar refractivity (Wildman–Crippen MR) is 163 cm³/mol. The largest absolute Gasteiger partial charge is 0.465 e. The fraction of sp³-hybridized carbons (Fsp3) is 0.345. The Morgan fingerprint density at radius 1 is 1.05 bits per heavy atom. The number of rotatable bonds is 7. The third kappa shape index (κ3) is 7.15. The number of thioether (sulfide) groups is 1. The summed E-state index contributed by atoms with van der Waals surface area (Å²) in [6, 6.07) is 17.5. The standard InChI is InChI=1S/C29H33N3O3S3/c1-29(2,3)18-13-14-22-23(15-18)38-26(25(22)27(34)35-4)32-24(33)17-37-21-12-8-11-20(16-21)31-28(36)30-19-9-6-5-7-10-19/h5-12,16,18H,13-15,17H2,1-4H3,(H,32,33)(H2,30,31,36). The molecule has 4 rings (SSSR count). The summed E-state index contributed by atoms with van der Waals surface area (Å²) in [7, 11) is 1.39. The van der Waals surface area contributed by atoms with Crippen molar-refractivity contribution in [3.05, 3.63) is 70.6 Å². The molecule has 2 aromatic carbocycles. The number of carbonyl (C=O) groups excluding carboxylic acids is 2. The average Bonchev–Trinajstić information content (AvgIpc) is 3.24. The summed E-state index contributed by atoms with van der Waals surface area (Å²) < 4.78 is 5.08. The molecule has 1 aliphatic carbocycles. The minimum atomic E-state index is -0.390. The summed E-state index contributed by atoms with van der Waals surface area (Å²) in [6.07, 6.45) is 2.76. The number of carbonyl (C=O) groups is 2. The number of amides is 1. The van der Waals surface area contributed by atoms with Crippen molar-refractivity contribution in [1.29, 1.82) is 0 Å². The highest BCUT2D eigenvalue weighted by molar-refractivity contribution is 8.00. The van der Waals surface area contributed by atoms with Gasteiger partial charge in [-0.1, -0.05) is 45.0 Å². The highest BCUT2D eigenvalue weighted by Crippen LogP contribution is 2.44. The topological polar surface area (TPSA) is 79.5 Å². The second-order valence-electron chi connectivity index (χ2n) is 10.3. The Balaban J connectivity index is 1.38. The molecule has 1 unspecified atom stereocenters. The number of methoxy groups -OCH3 is 1. The van der Waals surface area contributed by atoms with Gasteiger partial charge in [0, 0.05) is 21.1 Å². The molecule has 0 saturated heterocycles. The molecule has 3 N–H and O–H groups in total. The van der Waals surface area contributed by atoms with E-state index >= 15 is 0 Å². The number of thiocarbonyl (C=S) groups is 1. The van der Waals surface area contributed by atoms with E-state index in [2.05, 4.69) is 36.7 Å². The van der Waals surface area contributed by atoms with Crippen LogP contribution in [-0.2, 0) is 22.4 Å². The summed E-state index contributed by atoms with van der Waals surface area (Å²) in [5, 5.41) is 10.4. The van der Waals surface area contributed by atoms with Gasteiger partial charge in [-0.25, -0.2) is 4.79 Å². The van der Waals surface area contributed by atoms with Crippen LogP contribution < -0.4 is 16.0 Å². The molecule has 1 aromatic heterocycles. The fourth-order valence-corrected chi connectivity index (χ4v) is 6.84. The Labute approximate surface area is 237 Å². The number of fused-ring (bicyclic) bond motifs is 1. The van der Waals surface area contributed by atoms with Crippen LogP contribution in [0.15, 0.2) is 59.5 Å². The molecule has 1 aliphatic rings. The average molecular weight is 568 g/mol. The van der Waals surface area contributed by atoms with Crippen molar-refractivity contribution in [2.24, 2.45) is 11.3 Å². The molecule has 1 heterocycles. The van der Waals surface area contributed by atoms with Crippen molar-refractivity contribution in [1.82, 2.24) is 0 Å². The molecule has 0 aliphatic heterocycles. The molecular formula is C29H33N3O3S3. The maximum Gasteiger partial charge on any atom is 0.341 e. The molecule has 0 saturated carbocycles. The minimum absolute atomic E-state index is 0.161. The third-order valence-electron chi connectivity index (χ3n) is 6.63. The van der Waals surface area contributed by atoms with Crippen LogP contribution in [0.2, 0.25) is 0 Å². The number of anilines is 3. The molecule has 0 bridgehead atoms. The highest BCUT2D eigenvalue weighted by atomic mass is 32.2. The van der Waals surface area contributed by atoms with Crippen molar-refractivity contribution in [2.75, 3.05) is 28.8 Å². The normalized spacial score (nSPS) is 14.8. The fourth-order valence-electron chi connectivity index (χ4n) is 4.52. The number of thiophene rings is 1. The van der Waals surface area contributed by atoms with Gasteiger partial charge >= 0.3 is 5.97 Å². The van der Waals surface area contributed by atoms with Crippen molar-refractivity contribution in [3.63, 3.8) is 0 Å². The van der Waals surface area contributed by atoms with Crippen LogP contribution in [0.4, 0.5) is 16.4 Å². The van der Waals surface area contributed by atoms with Crippen LogP contribution in [0.1, 0.15) is 48.0 Å². The molecule has 38 heavy (non-hydrogen) atoms. The molecule has 200 valence electrons. The first-order valence-electron chi connectivity index (χ1n) is 12.5. The first kappa shape index (κ1) is 28.1. The van der Waals surface area contributed by atoms with Gasteiger partial charge in [-0.2, -0.15) is 0 Å². The van der Waals surface area contributed by atoms with Crippen molar-refractivity contribution < 1.29 is 14.3 Å². The summed E-state index contributed by atoms with van der Waals surface area (Å²) in [5.74, 6) is 0.198. The van der Waals surface area contributed by atoms with Gasteiger partial charge in [-0.3, -0.25) is 4.79 Å². The van der Waals surface area contributed by atoms with E-state index < -0.39 is 5.97 Å². The Hall–Kier alpha value is -2.88. The molecule has 1 atom stereocenters. The van der Waals surface area contributed by atoms with E-state index in [0.717, 1.165) is 41.1 Å². The van der Waals surface area contributed by atoms with E-state index in [1.807, 2.05) is 54.6 Å². The lowest BCUT2D eigenvalue weighted by Gasteiger charge is -2.33. The Kier molecular flexibility index (Phi) is 9.12. The lowest BCUT2D eigenvalue weighted by atomic mass is 9.72. The molecular weight excluding hydrogens is 535 g/mol. The quantitative estimate of drug-likeness (QED) is 0.158. The van der Waals surface area contributed by atoms with Crippen molar-refractivity contribution in [2.45, 2.75) is 44.9 Å². The number of hydrogen-bond acceptors (Lipinski definition) is 6. The zero-order valence-electron chi connectivity index (χ0n) is 22.1. The minimum Gasteiger partial charge on any atom is -0.465 e. The van der Waals surface area contributed by atoms with Gasteiger partial charge in [-0.05, 0) is 78.7 Å². The van der Waals surface area contributed by atoms with Crippen LogP contribution in [-0.4, -0.2) is 29.9 Å². The van der Waals surface area contributed by atoms with Crippen molar-refractivity contribution in [3.8, 4) is 0 Å². The zero-order valence-corrected chi connectivity index (χ0v) is 24.5. The Bertz CT molecular complexity index is 1320. The van der Waals surface area contributed by atoms with E-state index in [9.17, 15) is 9.59 Å². The van der Waals surface area contributed by atoms with E-state index in [0.29, 0.717) is 21.6 Å². The van der Waals surface area contributed by atoms with Gasteiger partial charge in [0.1, 0.15) is 5.00 Å². The van der Waals surface area contributed by atoms with Crippen LogP contribution >= 0.6 is 35.3 Å². The predicted octanol–water partition coefficient (Wildman–Crippen LogP) is 7.23. The molecule has 3 aromatic rings. The smallest absolute Gasteiger partial charge is 0.341 e. The molecule has 0 fully saturated rings. The number of ether oxygens (including phenoxy) is 1. The van der Waals surface area contributed by atoms with Crippen LogP contribution in [0, 0.1) is 11.3 Å². The van der Waals surface area contributed by atoms with E-state index in [4.69, 9.17) is 17.0 Å². The Morgan fingerprint density at radius 3 is 2.47 bits per heavy atom. The zero-order chi connectivity index (χ0) is 27.3. The number of nitrogens with one attached hydrogen (secondary N) is 3. The SMILES string of the molecule is COC(=O)c1c(NC(=O)CSc2cccc(NC(=S)Nc3ccccc3)c2)sc2c1CCC(C(C)(C)C)C2. The van der Waals surface area contributed by atoms with Gasteiger partial charge in [0.05, 0.1) is 18.4 Å². The van der Waals surface area contributed by atoms with Gasteiger partial charge < -0.3 is 20.7 Å². The third-order valence-corrected chi connectivity index (χ3v) is 8.99. The summed E-state index contributed by atoms with van der Waals surface area (Å²) in [6.45, 7) is 6.78. The molecule has 9 heteroatoms. The number of benzene rings is 2. The number of esters is 1. The molecule has 0 spiro atoms. The monoisotopic (exact) mass is 567 g/mol. The second-order valence-corrected chi connectivity index (χ2v) is 12.9. The van der Waals surface area contributed by atoms with Crippen molar-refractivity contribution >= 4 is 68.7 Å². The maximum atomic E-state index is 12.9. The van der Waals surface area contributed by atoms with Gasteiger partial charge in [-0.15, -0.1) is 23.1 Å². The number of para-hydroxylation sites is 1. The maximum absolute atomic E-state index is 12.9. The van der Waals surface area contributed by atoms with Crippen LogP contribution in [0.25, 0.3) is 0 Å². The van der Waals surface area contributed by atoms with Gasteiger partial charge in [0.25, 0.3) is 0 Å². The lowest BCUT2D eigenvalue weighted by Crippen LogP contribution is -2.26. The lowest BCUT2D eigenvalue weighted by molar-refractivity contribution is -0.113. The molecule has 6 nitrogen and oxygen atoms in total.